The van der Waals surface area contributed by atoms with Crippen LogP contribution >= 0.6 is 0 Å². The molecule has 1 aliphatic heterocycles. The molecule has 1 N–H and O–H groups in total. The summed E-state index contributed by atoms with van der Waals surface area (Å²) in [5.41, 5.74) is -0.433. The van der Waals surface area contributed by atoms with Gasteiger partial charge in [-0.15, -0.1) is 5.10 Å². The number of benzene rings is 1. The summed E-state index contributed by atoms with van der Waals surface area (Å²) >= 11 is 0. The Morgan fingerprint density at radius 1 is 1.32 bits per heavy atom. The van der Waals surface area contributed by atoms with Crippen molar-refractivity contribution in [3.8, 4) is 0 Å². The molecule has 0 radical (unpaired) electrons. The highest BCUT2D eigenvalue weighted by Gasteiger charge is 2.59. The van der Waals surface area contributed by atoms with Crippen molar-refractivity contribution in [2.45, 2.75) is 50.4 Å². The fourth-order valence-electron chi connectivity index (χ4n) is 4.03. The second kappa shape index (κ2) is 5.57. The zero-order valence-electron chi connectivity index (χ0n) is 14.0. The van der Waals surface area contributed by atoms with Gasteiger partial charge in [0, 0.05) is 18.3 Å². The number of hydrogen-bond acceptors (Lipinski definition) is 4. The van der Waals surface area contributed by atoms with Gasteiger partial charge in [0.15, 0.2) is 0 Å². The van der Waals surface area contributed by atoms with Gasteiger partial charge in [-0.25, -0.2) is 13.5 Å². The van der Waals surface area contributed by atoms with E-state index in [1.165, 1.54) is 0 Å². The van der Waals surface area contributed by atoms with E-state index in [0.29, 0.717) is 25.3 Å². The van der Waals surface area contributed by atoms with E-state index in [1.807, 2.05) is 30.3 Å². The van der Waals surface area contributed by atoms with Crippen LogP contribution in [0.3, 0.4) is 0 Å². The summed E-state index contributed by atoms with van der Waals surface area (Å²) in [5.74, 6) is -2.53. The molecule has 134 valence electrons. The van der Waals surface area contributed by atoms with Crippen molar-refractivity contribution in [1.82, 2.24) is 15.0 Å². The van der Waals surface area contributed by atoms with Crippen LogP contribution in [0.1, 0.15) is 37.4 Å². The average molecular weight is 349 g/mol. The number of halogens is 2. The van der Waals surface area contributed by atoms with E-state index in [4.69, 9.17) is 4.74 Å². The first-order valence-electron chi connectivity index (χ1n) is 8.46. The SMILES string of the molecule is CC(O)(c1ccccc1)c1cn(CC2CC3(CO2)CC(F)(F)C3)nn1. The second-order valence-corrected chi connectivity index (χ2v) is 7.61. The van der Waals surface area contributed by atoms with Crippen LogP contribution in [-0.2, 0) is 16.9 Å². The maximum atomic E-state index is 13.2. The molecule has 0 bridgehead atoms. The van der Waals surface area contributed by atoms with E-state index in [0.717, 1.165) is 5.56 Å². The third-order valence-corrected chi connectivity index (χ3v) is 5.32. The third-order valence-electron chi connectivity index (χ3n) is 5.32. The molecule has 2 fully saturated rings. The first-order valence-corrected chi connectivity index (χ1v) is 8.46. The molecule has 1 spiro atoms. The lowest BCUT2D eigenvalue weighted by atomic mass is 9.65. The second-order valence-electron chi connectivity index (χ2n) is 7.61. The van der Waals surface area contributed by atoms with Gasteiger partial charge in [-0.3, -0.25) is 0 Å². The van der Waals surface area contributed by atoms with Gasteiger partial charge in [0.1, 0.15) is 11.3 Å². The van der Waals surface area contributed by atoms with Gasteiger partial charge in [0.2, 0.25) is 5.92 Å². The lowest BCUT2D eigenvalue weighted by Gasteiger charge is -2.43. The molecule has 4 rings (SSSR count). The van der Waals surface area contributed by atoms with Gasteiger partial charge in [-0.05, 0) is 18.9 Å². The fraction of sp³-hybridized carbons (Fsp3) is 0.556. The molecule has 2 atom stereocenters. The number of aliphatic hydroxyl groups is 1. The number of ether oxygens (including phenoxy) is 1. The maximum absolute atomic E-state index is 13.2. The number of hydrogen-bond donors (Lipinski definition) is 1. The standard InChI is InChI=1S/C18H21F2N3O2/c1-16(24,13-5-3-2-4-6-13)15-9-23(22-21-15)8-14-7-17(12-25-14)10-18(19,20)11-17/h2-6,9,14,24H,7-8,10-12H2,1H3. The molecular formula is C18H21F2N3O2. The minimum absolute atomic E-state index is 0.0815. The predicted molar refractivity (Wildman–Crippen MR) is 86.1 cm³/mol. The van der Waals surface area contributed by atoms with E-state index >= 15 is 0 Å². The van der Waals surface area contributed by atoms with Gasteiger partial charge in [0.25, 0.3) is 0 Å². The Kier molecular flexibility index (Phi) is 3.70. The number of nitrogens with zero attached hydrogens (tertiary/aromatic N) is 3. The summed E-state index contributed by atoms with van der Waals surface area (Å²) in [6, 6.07) is 9.26. The molecule has 25 heavy (non-hydrogen) atoms. The number of rotatable bonds is 4. The Labute approximate surface area is 144 Å². The summed E-state index contributed by atoms with van der Waals surface area (Å²) in [4.78, 5) is 0. The fourth-order valence-corrected chi connectivity index (χ4v) is 4.03. The topological polar surface area (TPSA) is 60.2 Å². The van der Waals surface area contributed by atoms with E-state index in [9.17, 15) is 13.9 Å². The Hall–Kier alpha value is -1.86. The highest BCUT2D eigenvalue weighted by molar-refractivity contribution is 5.29. The summed E-state index contributed by atoms with van der Waals surface area (Å²) in [5, 5.41) is 18.9. The van der Waals surface area contributed by atoms with Crippen molar-refractivity contribution < 1.29 is 18.6 Å². The summed E-state index contributed by atoms with van der Waals surface area (Å²) in [7, 11) is 0. The predicted octanol–water partition coefficient (Wildman–Crippen LogP) is 2.74. The van der Waals surface area contributed by atoms with E-state index < -0.39 is 11.5 Å². The molecule has 0 amide bonds. The van der Waals surface area contributed by atoms with Gasteiger partial charge in [-0.1, -0.05) is 35.5 Å². The van der Waals surface area contributed by atoms with E-state index in [2.05, 4.69) is 10.3 Å². The lowest BCUT2D eigenvalue weighted by Crippen LogP contribution is -2.46. The lowest BCUT2D eigenvalue weighted by molar-refractivity contribution is -0.160. The van der Waals surface area contributed by atoms with Crippen molar-refractivity contribution in [3.05, 3.63) is 47.8 Å². The van der Waals surface area contributed by atoms with Crippen LogP contribution in [0.2, 0.25) is 0 Å². The number of aromatic nitrogens is 3. The third kappa shape index (κ3) is 3.06. The van der Waals surface area contributed by atoms with Crippen LogP contribution in [0.25, 0.3) is 0 Å². The van der Waals surface area contributed by atoms with Gasteiger partial charge >= 0.3 is 0 Å². The molecular weight excluding hydrogens is 328 g/mol. The molecule has 1 aromatic heterocycles. The average Bonchev–Trinajstić information content (AvgIpc) is 3.15. The molecule has 2 unspecified atom stereocenters. The van der Waals surface area contributed by atoms with Gasteiger partial charge in [0.05, 0.1) is 25.5 Å². The maximum Gasteiger partial charge on any atom is 0.249 e. The molecule has 2 aromatic rings. The quantitative estimate of drug-likeness (QED) is 0.922. The molecule has 2 heterocycles. The Morgan fingerprint density at radius 3 is 2.72 bits per heavy atom. The summed E-state index contributed by atoms with van der Waals surface area (Å²) in [6.07, 6.45) is 2.00. The molecule has 7 heteroatoms. The minimum Gasteiger partial charge on any atom is -0.379 e. The van der Waals surface area contributed by atoms with Crippen LogP contribution in [0.4, 0.5) is 8.78 Å². The summed E-state index contributed by atoms with van der Waals surface area (Å²) < 4.78 is 33.7. The Bertz CT molecular complexity index is 753. The minimum atomic E-state index is -2.53. The molecule has 2 aliphatic rings. The zero-order chi connectivity index (χ0) is 17.7. The Morgan fingerprint density at radius 2 is 2.04 bits per heavy atom. The normalized spacial score (nSPS) is 26.3. The van der Waals surface area contributed by atoms with Gasteiger partial charge < -0.3 is 9.84 Å². The van der Waals surface area contributed by atoms with Crippen LogP contribution in [0, 0.1) is 5.41 Å². The van der Waals surface area contributed by atoms with Crippen LogP contribution < -0.4 is 0 Å². The summed E-state index contributed by atoms with van der Waals surface area (Å²) in [6.45, 7) is 2.51. The van der Waals surface area contributed by atoms with Crippen molar-refractivity contribution in [3.63, 3.8) is 0 Å². The molecule has 1 saturated heterocycles. The highest BCUT2D eigenvalue weighted by atomic mass is 19.3. The van der Waals surface area contributed by atoms with Crippen LogP contribution in [0.15, 0.2) is 36.5 Å². The Balaban J connectivity index is 1.43. The smallest absolute Gasteiger partial charge is 0.249 e. The largest absolute Gasteiger partial charge is 0.379 e. The molecule has 1 saturated carbocycles. The highest BCUT2D eigenvalue weighted by Crippen LogP contribution is 2.57. The van der Waals surface area contributed by atoms with Crippen LogP contribution in [-0.4, -0.2) is 38.7 Å². The monoisotopic (exact) mass is 349 g/mol. The van der Waals surface area contributed by atoms with E-state index in [1.54, 1.807) is 17.8 Å². The molecule has 1 aliphatic carbocycles. The van der Waals surface area contributed by atoms with E-state index in [-0.39, 0.29) is 24.4 Å². The van der Waals surface area contributed by atoms with Crippen molar-refractivity contribution in [2.24, 2.45) is 5.41 Å². The van der Waals surface area contributed by atoms with Crippen molar-refractivity contribution in [1.29, 1.82) is 0 Å². The van der Waals surface area contributed by atoms with Gasteiger partial charge in [-0.2, -0.15) is 0 Å². The van der Waals surface area contributed by atoms with Crippen molar-refractivity contribution >= 4 is 0 Å². The molecule has 1 aromatic carbocycles. The van der Waals surface area contributed by atoms with Crippen LogP contribution in [0.5, 0.6) is 0 Å². The first kappa shape index (κ1) is 16.6. The van der Waals surface area contributed by atoms with Crippen molar-refractivity contribution in [2.75, 3.05) is 6.61 Å². The molecule has 5 nitrogen and oxygen atoms in total. The number of alkyl halides is 2. The first-order chi connectivity index (χ1) is 11.8. The zero-order valence-corrected chi connectivity index (χ0v) is 14.0.